The molecule has 0 spiro atoms. The summed E-state index contributed by atoms with van der Waals surface area (Å²) in [6, 6.07) is 3.91. The molecule has 0 radical (unpaired) electrons. The van der Waals surface area contributed by atoms with Crippen molar-refractivity contribution in [2.75, 3.05) is 12.3 Å². The van der Waals surface area contributed by atoms with Crippen LogP contribution in [0.25, 0.3) is 0 Å². The van der Waals surface area contributed by atoms with Crippen LogP contribution < -0.4 is 5.32 Å². The number of sulfone groups is 1. The molecule has 0 aromatic heterocycles. The van der Waals surface area contributed by atoms with Crippen LogP contribution in [0.2, 0.25) is 0 Å². The largest absolute Gasteiger partial charge is 0.310 e. The van der Waals surface area contributed by atoms with Crippen LogP contribution in [-0.2, 0) is 9.84 Å². The Kier molecular flexibility index (Phi) is 4.81. The first-order chi connectivity index (χ1) is 9.40. The Morgan fingerprint density at radius 2 is 2.15 bits per heavy atom. The van der Waals surface area contributed by atoms with Crippen molar-refractivity contribution in [3.05, 3.63) is 29.6 Å². The molecule has 5 heteroatoms. The van der Waals surface area contributed by atoms with Crippen LogP contribution in [-0.4, -0.2) is 20.7 Å². The summed E-state index contributed by atoms with van der Waals surface area (Å²) in [6.45, 7) is 5.19. The van der Waals surface area contributed by atoms with E-state index in [1.54, 1.807) is 0 Å². The van der Waals surface area contributed by atoms with Gasteiger partial charge in [0, 0.05) is 6.04 Å². The topological polar surface area (TPSA) is 46.2 Å². The lowest BCUT2D eigenvalue weighted by Gasteiger charge is -2.26. The van der Waals surface area contributed by atoms with E-state index in [-0.39, 0.29) is 22.5 Å². The second-order valence-corrected chi connectivity index (χ2v) is 7.91. The fraction of sp³-hybridized carbons (Fsp3) is 0.600. The Labute approximate surface area is 120 Å². The zero-order valence-electron chi connectivity index (χ0n) is 12.0. The molecule has 0 aliphatic carbocycles. The number of halogens is 1. The van der Waals surface area contributed by atoms with Gasteiger partial charge in [0.2, 0.25) is 0 Å². The molecule has 1 aliphatic rings. The minimum Gasteiger partial charge on any atom is -0.310 e. The maximum absolute atomic E-state index is 13.4. The minimum atomic E-state index is -3.24. The molecule has 1 unspecified atom stereocenters. The highest BCUT2D eigenvalue weighted by molar-refractivity contribution is 7.91. The molecule has 3 nitrogen and oxygen atoms in total. The van der Waals surface area contributed by atoms with Crippen LogP contribution in [0.15, 0.2) is 23.1 Å². The van der Waals surface area contributed by atoms with Crippen molar-refractivity contribution < 1.29 is 12.8 Å². The lowest BCUT2D eigenvalue weighted by Crippen LogP contribution is -2.30. The van der Waals surface area contributed by atoms with E-state index in [1.165, 1.54) is 18.2 Å². The van der Waals surface area contributed by atoms with E-state index in [1.807, 2.05) is 0 Å². The molecular formula is C15H22FNO2S. The molecule has 0 fully saturated rings. The van der Waals surface area contributed by atoms with Gasteiger partial charge in [0.25, 0.3) is 0 Å². The summed E-state index contributed by atoms with van der Waals surface area (Å²) in [6.07, 6.45) is 2.69. The standard InChI is InChI=1S/C15H22FNO2S/c1-11(2)4-3-8-17-14-7-9-20(18,19)15-6-5-12(16)10-13(14)15/h5-6,10-11,14,17H,3-4,7-9H2,1-2H3. The normalized spacial score (nSPS) is 20.9. The Bertz CT molecular complexity index is 569. The van der Waals surface area contributed by atoms with Gasteiger partial charge in [-0.25, -0.2) is 12.8 Å². The molecule has 0 saturated heterocycles. The first-order valence-corrected chi connectivity index (χ1v) is 8.81. The summed E-state index contributed by atoms with van der Waals surface area (Å²) in [5.74, 6) is 0.413. The van der Waals surface area contributed by atoms with Crippen molar-refractivity contribution in [1.29, 1.82) is 0 Å². The molecule has 1 aromatic carbocycles. The van der Waals surface area contributed by atoms with Crippen molar-refractivity contribution in [3.63, 3.8) is 0 Å². The number of hydrogen-bond acceptors (Lipinski definition) is 3. The molecule has 1 aliphatic heterocycles. The van der Waals surface area contributed by atoms with Crippen molar-refractivity contribution in [1.82, 2.24) is 5.32 Å². The van der Waals surface area contributed by atoms with Gasteiger partial charge in [-0.1, -0.05) is 13.8 Å². The predicted octanol–water partition coefficient (Wildman–Crippen LogP) is 3.07. The fourth-order valence-corrected chi connectivity index (χ4v) is 4.21. The minimum absolute atomic E-state index is 0.0589. The maximum Gasteiger partial charge on any atom is 0.178 e. The summed E-state index contributed by atoms with van der Waals surface area (Å²) in [4.78, 5) is 0.284. The van der Waals surface area contributed by atoms with Crippen LogP contribution in [0, 0.1) is 11.7 Å². The SMILES string of the molecule is CC(C)CCCNC1CCS(=O)(=O)c2ccc(F)cc21. The number of rotatable bonds is 5. The van der Waals surface area contributed by atoms with Gasteiger partial charge in [-0.15, -0.1) is 0 Å². The van der Waals surface area contributed by atoms with Crippen molar-refractivity contribution in [2.45, 2.75) is 44.0 Å². The highest BCUT2D eigenvalue weighted by Gasteiger charge is 2.30. The lowest BCUT2D eigenvalue weighted by atomic mass is 10.0. The van der Waals surface area contributed by atoms with Crippen molar-refractivity contribution >= 4 is 9.84 Å². The summed E-state index contributed by atoms with van der Waals surface area (Å²) in [7, 11) is -3.24. The van der Waals surface area contributed by atoms with E-state index in [2.05, 4.69) is 19.2 Å². The number of fused-ring (bicyclic) bond motifs is 1. The highest BCUT2D eigenvalue weighted by atomic mass is 32.2. The first kappa shape index (κ1) is 15.4. The molecule has 1 heterocycles. The van der Waals surface area contributed by atoms with E-state index in [9.17, 15) is 12.8 Å². The molecule has 0 bridgehead atoms. The summed E-state index contributed by atoms with van der Waals surface area (Å²) >= 11 is 0. The van der Waals surface area contributed by atoms with Gasteiger partial charge < -0.3 is 5.32 Å². The second kappa shape index (κ2) is 6.22. The van der Waals surface area contributed by atoms with Gasteiger partial charge in [0.05, 0.1) is 10.6 Å². The Morgan fingerprint density at radius 1 is 1.40 bits per heavy atom. The molecular weight excluding hydrogens is 277 g/mol. The van der Waals surface area contributed by atoms with Crippen LogP contribution in [0.3, 0.4) is 0 Å². The molecule has 2 rings (SSSR count). The van der Waals surface area contributed by atoms with E-state index < -0.39 is 9.84 Å². The Hall–Kier alpha value is -0.940. The zero-order chi connectivity index (χ0) is 14.8. The number of nitrogens with one attached hydrogen (secondary N) is 1. The molecule has 112 valence electrons. The molecule has 0 amide bonds. The van der Waals surface area contributed by atoms with Gasteiger partial charge >= 0.3 is 0 Å². The smallest absolute Gasteiger partial charge is 0.178 e. The van der Waals surface area contributed by atoms with Gasteiger partial charge in [-0.05, 0) is 55.5 Å². The first-order valence-electron chi connectivity index (χ1n) is 7.16. The fourth-order valence-electron chi connectivity index (χ4n) is 2.61. The second-order valence-electron chi connectivity index (χ2n) is 5.83. The van der Waals surface area contributed by atoms with Gasteiger partial charge in [-0.2, -0.15) is 0 Å². The van der Waals surface area contributed by atoms with Gasteiger partial charge in [0.1, 0.15) is 5.82 Å². The molecule has 20 heavy (non-hydrogen) atoms. The third-order valence-corrected chi connectivity index (χ3v) is 5.52. The third-order valence-electron chi connectivity index (χ3n) is 3.71. The predicted molar refractivity (Wildman–Crippen MR) is 77.9 cm³/mol. The van der Waals surface area contributed by atoms with E-state index in [4.69, 9.17) is 0 Å². The third kappa shape index (κ3) is 3.58. The average Bonchev–Trinajstić information content (AvgIpc) is 2.36. The molecule has 1 atom stereocenters. The van der Waals surface area contributed by atoms with Crippen molar-refractivity contribution in [2.24, 2.45) is 5.92 Å². The summed E-state index contributed by atoms with van der Waals surface area (Å²) < 4.78 is 37.4. The average molecular weight is 299 g/mol. The van der Waals surface area contributed by atoms with Crippen LogP contribution in [0.1, 0.15) is 44.7 Å². The van der Waals surface area contributed by atoms with Crippen LogP contribution in [0.4, 0.5) is 4.39 Å². The van der Waals surface area contributed by atoms with Gasteiger partial charge in [0.15, 0.2) is 9.84 Å². The summed E-state index contributed by atoms with van der Waals surface area (Å²) in [5, 5.41) is 3.37. The zero-order valence-corrected chi connectivity index (χ0v) is 12.8. The van der Waals surface area contributed by atoms with Gasteiger partial charge in [-0.3, -0.25) is 0 Å². The van der Waals surface area contributed by atoms with E-state index in [0.29, 0.717) is 17.9 Å². The lowest BCUT2D eigenvalue weighted by molar-refractivity contribution is 0.458. The van der Waals surface area contributed by atoms with E-state index in [0.717, 1.165) is 19.4 Å². The maximum atomic E-state index is 13.4. The summed E-state index contributed by atoms with van der Waals surface area (Å²) in [5.41, 5.74) is 0.584. The van der Waals surface area contributed by atoms with Crippen molar-refractivity contribution in [3.8, 4) is 0 Å². The Balaban J connectivity index is 2.11. The Morgan fingerprint density at radius 3 is 2.85 bits per heavy atom. The quantitative estimate of drug-likeness (QED) is 0.671. The highest BCUT2D eigenvalue weighted by Crippen LogP contribution is 2.32. The monoisotopic (exact) mass is 299 g/mol. The number of hydrogen-bond donors (Lipinski definition) is 1. The number of benzene rings is 1. The molecule has 1 aromatic rings. The van der Waals surface area contributed by atoms with E-state index >= 15 is 0 Å². The molecule has 0 saturated carbocycles. The van der Waals surface area contributed by atoms with Crippen LogP contribution in [0.5, 0.6) is 0 Å². The van der Waals surface area contributed by atoms with Crippen LogP contribution >= 0.6 is 0 Å². The molecule has 1 N–H and O–H groups in total.